The van der Waals surface area contributed by atoms with Gasteiger partial charge in [-0.25, -0.2) is 0 Å². The number of nitrogens with one attached hydrogen (secondary N) is 1. The molecule has 0 bridgehead atoms. The molecule has 1 aliphatic carbocycles. The minimum Gasteiger partial charge on any atom is -0.342 e. The average molecular weight is 224 g/mol. The van der Waals surface area contributed by atoms with Gasteiger partial charge in [0, 0.05) is 19.0 Å². The van der Waals surface area contributed by atoms with Crippen molar-refractivity contribution in [1.82, 2.24) is 10.2 Å². The third-order valence-electron chi connectivity index (χ3n) is 3.64. The molecule has 90 valence electrons. The van der Waals surface area contributed by atoms with E-state index in [0.717, 1.165) is 12.8 Å². The van der Waals surface area contributed by atoms with Crippen molar-refractivity contribution in [3.63, 3.8) is 0 Å². The van der Waals surface area contributed by atoms with Crippen LogP contribution >= 0.6 is 0 Å². The van der Waals surface area contributed by atoms with Crippen LogP contribution in [0.4, 0.5) is 0 Å². The molecule has 2 amide bonds. The summed E-state index contributed by atoms with van der Waals surface area (Å²) in [7, 11) is 0. The molecule has 1 heterocycles. The second kappa shape index (κ2) is 3.75. The molecule has 1 saturated heterocycles. The predicted octanol–water partition coefficient (Wildman–Crippen LogP) is 0.912. The molecule has 0 radical (unpaired) electrons. The van der Waals surface area contributed by atoms with Crippen LogP contribution < -0.4 is 5.32 Å². The van der Waals surface area contributed by atoms with E-state index in [1.807, 2.05) is 4.90 Å². The van der Waals surface area contributed by atoms with Crippen LogP contribution in [0.2, 0.25) is 0 Å². The van der Waals surface area contributed by atoms with Crippen molar-refractivity contribution >= 4 is 11.8 Å². The third-order valence-corrected chi connectivity index (χ3v) is 3.64. The number of amides is 2. The molecule has 0 spiro atoms. The fourth-order valence-corrected chi connectivity index (χ4v) is 2.52. The van der Waals surface area contributed by atoms with Crippen molar-refractivity contribution < 1.29 is 9.59 Å². The summed E-state index contributed by atoms with van der Waals surface area (Å²) in [5.41, 5.74) is -0.742. The van der Waals surface area contributed by atoms with Gasteiger partial charge in [-0.1, -0.05) is 13.3 Å². The summed E-state index contributed by atoms with van der Waals surface area (Å²) >= 11 is 0. The van der Waals surface area contributed by atoms with E-state index >= 15 is 0 Å². The van der Waals surface area contributed by atoms with Crippen LogP contribution in [0.1, 0.15) is 40.0 Å². The molecule has 2 unspecified atom stereocenters. The lowest BCUT2D eigenvalue weighted by Crippen LogP contribution is -2.53. The number of carbonyl (C=O) groups is 2. The number of nitrogens with zero attached hydrogens (tertiary/aromatic N) is 1. The average Bonchev–Trinajstić information content (AvgIpc) is 2.95. The zero-order chi connectivity index (χ0) is 11.9. The highest BCUT2D eigenvalue weighted by atomic mass is 16.2. The summed E-state index contributed by atoms with van der Waals surface area (Å²) < 4.78 is 0. The van der Waals surface area contributed by atoms with E-state index in [2.05, 4.69) is 12.2 Å². The maximum atomic E-state index is 12.3. The van der Waals surface area contributed by atoms with Crippen LogP contribution in [0, 0.1) is 5.92 Å². The molecule has 0 aromatic rings. The topological polar surface area (TPSA) is 49.4 Å². The highest BCUT2D eigenvalue weighted by molar-refractivity contribution is 5.93. The maximum Gasteiger partial charge on any atom is 0.248 e. The Kier molecular flexibility index (Phi) is 2.68. The quantitative estimate of drug-likeness (QED) is 0.758. The summed E-state index contributed by atoms with van der Waals surface area (Å²) in [5, 5.41) is 2.78. The number of carbonyl (C=O) groups excluding carboxylic acids is 2. The first-order chi connectivity index (χ1) is 7.45. The SMILES string of the molecule is CCC1CC1N1CCC(=O)NC(C)(C)C1=O. The first kappa shape index (κ1) is 11.4. The first-order valence-electron chi connectivity index (χ1n) is 6.08. The van der Waals surface area contributed by atoms with Gasteiger partial charge in [0.25, 0.3) is 0 Å². The Labute approximate surface area is 96.4 Å². The third kappa shape index (κ3) is 1.93. The van der Waals surface area contributed by atoms with Crippen LogP contribution in [0.15, 0.2) is 0 Å². The summed E-state index contributed by atoms with van der Waals surface area (Å²) in [6, 6.07) is 0.379. The van der Waals surface area contributed by atoms with Crippen LogP contribution in [0.25, 0.3) is 0 Å². The number of hydrogen-bond acceptors (Lipinski definition) is 2. The Morgan fingerprint density at radius 2 is 2.12 bits per heavy atom. The molecule has 0 aromatic heterocycles. The van der Waals surface area contributed by atoms with Gasteiger partial charge in [0.1, 0.15) is 5.54 Å². The van der Waals surface area contributed by atoms with E-state index in [9.17, 15) is 9.59 Å². The Bertz CT molecular complexity index is 325. The monoisotopic (exact) mass is 224 g/mol. The summed E-state index contributed by atoms with van der Waals surface area (Å²) in [4.78, 5) is 25.7. The second-order valence-corrected chi connectivity index (χ2v) is 5.39. The van der Waals surface area contributed by atoms with Crippen LogP contribution in [-0.2, 0) is 9.59 Å². The molecular weight excluding hydrogens is 204 g/mol. The van der Waals surface area contributed by atoms with E-state index < -0.39 is 5.54 Å². The molecule has 1 N–H and O–H groups in total. The van der Waals surface area contributed by atoms with Gasteiger partial charge in [0.15, 0.2) is 0 Å². The van der Waals surface area contributed by atoms with Gasteiger partial charge in [0.05, 0.1) is 0 Å². The van der Waals surface area contributed by atoms with Gasteiger partial charge in [-0.05, 0) is 26.2 Å². The smallest absolute Gasteiger partial charge is 0.248 e. The standard InChI is InChI=1S/C12H20N2O2/c1-4-8-7-9(8)14-6-5-10(15)13-12(2,3)11(14)16/h8-9H,4-7H2,1-3H3,(H,13,15). The van der Waals surface area contributed by atoms with Crippen molar-refractivity contribution in [2.75, 3.05) is 6.54 Å². The van der Waals surface area contributed by atoms with Crippen LogP contribution in [-0.4, -0.2) is 34.8 Å². The molecule has 1 aliphatic heterocycles. The van der Waals surface area contributed by atoms with E-state index in [4.69, 9.17) is 0 Å². The van der Waals surface area contributed by atoms with Gasteiger partial charge in [-0.2, -0.15) is 0 Å². The molecule has 4 nitrogen and oxygen atoms in total. The van der Waals surface area contributed by atoms with Gasteiger partial charge in [0.2, 0.25) is 11.8 Å². The summed E-state index contributed by atoms with van der Waals surface area (Å²) in [6.07, 6.45) is 2.66. The lowest BCUT2D eigenvalue weighted by molar-refractivity contribution is -0.138. The number of rotatable bonds is 2. The molecule has 2 aliphatic rings. The molecule has 1 saturated carbocycles. The van der Waals surface area contributed by atoms with Crippen LogP contribution in [0.5, 0.6) is 0 Å². The van der Waals surface area contributed by atoms with Gasteiger partial charge in [-0.3, -0.25) is 9.59 Å². The minimum atomic E-state index is -0.742. The molecule has 16 heavy (non-hydrogen) atoms. The Morgan fingerprint density at radius 1 is 1.44 bits per heavy atom. The summed E-state index contributed by atoms with van der Waals surface area (Å²) in [5.74, 6) is 0.696. The highest BCUT2D eigenvalue weighted by Gasteiger charge is 2.47. The van der Waals surface area contributed by atoms with Crippen molar-refractivity contribution in [1.29, 1.82) is 0 Å². The zero-order valence-corrected chi connectivity index (χ0v) is 10.2. The van der Waals surface area contributed by atoms with E-state index in [1.54, 1.807) is 13.8 Å². The van der Waals surface area contributed by atoms with E-state index in [1.165, 1.54) is 0 Å². The molecule has 2 rings (SSSR count). The Hall–Kier alpha value is -1.06. The zero-order valence-electron chi connectivity index (χ0n) is 10.2. The fraction of sp³-hybridized carbons (Fsp3) is 0.833. The largest absolute Gasteiger partial charge is 0.342 e. The van der Waals surface area contributed by atoms with Crippen molar-refractivity contribution in [2.24, 2.45) is 5.92 Å². The fourth-order valence-electron chi connectivity index (χ4n) is 2.52. The molecular formula is C12H20N2O2. The van der Waals surface area contributed by atoms with E-state index in [0.29, 0.717) is 24.9 Å². The van der Waals surface area contributed by atoms with Crippen molar-refractivity contribution in [2.45, 2.75) is 51.6 Å². The lowest BCUT2D eigenvalue weighted by Gasteiger charge is -2.29. The highest BCUT2D eigenvalue weighted by Crippen LogP contribution is 2.39. The maximum absolute atomic E-state index is 12.3. The molecule has 0 aromatic carbocycles. The molecule has 2 atom stereocenters. The first-order valence-corrected chi connectivity index (χ1v) is 6.08. The van der Waals surface area contributed by atoms with Gasteiger partial charge < -0.3 is 10.2 Å². The van der Waals surface area contributed by atoms with Crippen molar-refractivity contribution in [3.05, 3.63) is 0 Å². The van der Waals surface area contributed by atoms with Crippen LogP contribution in [0.3, 0.4) is 0 Å². The normalized spacial score (nSPS) is 33.3. The van der Waals surface area contributed by atoms with Gasteiger partial charge >= 0.3 is 0 Å². The lowest BCUT2D eigenvalue weighted by atomic mass is 10.0. The Morgan fingerprint density at radius 3 is 2.69 bits per heavy atom. The number of hydrogen-bond donors (Lipinski definition) is 1. The predicted molar refractivity (Wildman–Crippen MR) is 60.7 cm³/mol. The van der Waals surface area contributed by atoms with Gasteiger partial charge in [-0.15, -0.1) is 0 Å². The van der Waals surface area contributed by atoms with E-state index in [-0.39, 0.29) is 11.8 Å². The summed E-state index contributed by atoms with van der Waals surface area (Å²) in [6.45, 7) is 6.31. The molecule has 4 heteroatoms. The Balaban J connectivity index is 2.13. The van der Waals surface area contributed by atoms with Crippen molar-refractivity contribution in [3.8, 4) is 0 Å². The molecule has 2 fully saturated rings. The minimum absolute atomic E-state index is 0.0189. The second-order valence-electron chi connectivity index (χ2n) is 5.39.